The summed E-state index contributed by atoms with van der Waals surface area (Å²) in [5, 5.41) is 3.16. The summed E-state index contributed by atoms with van der Waals surface area (Å²) in [6.07, 6.45) is 0.181. The third-order valence-corrected chi connectivity index (χ3v) is 3.07. The molecule has 0 aliphatic carbocycles. The smallest absolute Gasteiger partial charge is 0.231 e. The third kappa shape index (κ3) is 5.24. The molecule has 0 saturated carbocycles. The van der Waals surface area contributed by atoms with E-state index >= 15 is 0 Å². The number of hydrogen-bond acceptors (Lipinski definition) is 4. The summed E-state index contributed by atoms with van der Waals surface area (Å²) in [6.45, 7) is 0.482. The summed E-state index contributed by atoms with van der Waals surface area (Å²) in [7, 11) is 1.70. The van der Waals surface area contributed by atoms with E-state index < -0.39 is 5.91 Å². The lowest BCUT2D eigenvalue weighted by molar-refractivity contribution is -0.120. The number of carbonyl (C=O) groups is 2. The van der Waals surface area contributed by atoms with Gasteiger partial charge in [0.2, 0.25) is 11.8 Å². The minimum absolute atomic E-state index is 0.0939. The van der Waals surface area contributed by atoms with Crippen LogP contribution in [0, 0.1) is 0 Å². The van der Waals surface area contributed by atoms with Crippen LogP contribution in [0.1, 0.15) is 6.42 Å². The predicted molar refractivity (Wildman–Crippen MR) is 80.8 cm³/mol. The topological polar surface area (TPSA) is 101 Å². The summed E-state index contributed by atoms with van der Waals surface area (Å²) in [5.74, 6) is -0.715. The Kier molecular flexibility index (Phi) is 6.06. The standard InChI is InChI=1S/C12H16Cl2N4O2/c1-18(6-10(16)19)3-2-11(20)17-12-8(13)4-7(15)5-9(12)14/h4-5H,2-3,6,15H2,1H3,(H2,16,19)(H,17,20). The first-order valence-electron chi connectivity index (χ1n) is 5.81. The number of rotatable bonds is 6. The third-order valence-electron chi connectivity index (χ3n) is 2.48. The summed E-state index contributed by atoms with van der Waals surface area (Å²) < 4.78 is 0. The van der Waals surface area contributed by atoms with Crippen molar-refractivity contribution in [1.29, 1.82) is 0 Å². The van der Waals surface area contributed by atoms with E-state index in [1.807, 2.05) is 0 Å². The van der Waals surface area contributed by atoms with E-state index in [4.69, 9.17) is 34.7 Å². The number of nitrogens with zero attached hydrogens (tertiary/aromatic N) is 1. The fourth-order valence-corrected chi connectivity index (χ4v) is 2.15. The number of hydrogen-bond donors (Lipinski definition) is 3. The van der Waals surface area contributed by atoms with Gasteiger partial charge >= 0.3 is 0 Å². The molecule has 0 fully saturated rings. The highest BCUT2D eigenvalue weighted by atomic mass is 35.5. The Morgan fingerprint density at radius 3 is 2.35 bits per heavy atom. The summed E-state index contributed by atoms with van der Waals surface area (Å²) >= 11 is 11.9. The van der Waals surface area contributed by atoms with E-state index in [2.05, 4.69) is 5.32 Å². The fourth-order valence-electron chi connectivity index (χ4n) is 1.55. The molecule has 0 unspecified atom stereocenters. The minimum Gasteiger partial charge on any atom is -0.399 e. The second kappa shape index (κ2) is 7.33. The van der Waals surface area contributed by atoms with Crippen LogP contribution >= 0.6 is 23.2 Å². The molecule has 1 aromatic rings. The van der Waals surface area contributed by atoms with Crippen LogP contribution in [0.25, 0.3) is 0 Å². The molecule has 110 valence electrons. The molecule has 5 N–H and O–H groups in total. The molecule has 0 saturated heterocycles. The van der Waals surface area contributed by atoms with Gasteiger partial charge in [0.25, 0.3) is 0 Å². The molecule has 0 aromatic heterocycles. The molecule has 8 heteroatoms. The van der Waals surface area contributed by atoms with Gasteiger partial charge in [0.15, 0.2) is 0 Å². The molecule has 20 heavy (non-hydrogen) atoms. The number of halogens is 2. The van der Waals surface area contributed by atoms with Gasteiger partial charge in [-0.25, -0.2) is 0 Å². The highest BCUT2D eigenvalue weighted by molar-refractivity contribution is 6.40. The predicted octanol–water partition coefficient (Wildman–Crippen LogP) is 1.32. The molecule has 1 rings (SSSR count). The number of nitrogen functional groups attached to an aromatic ring is 1. The van der Waals surface area contributed by atoms with Crippen molar-refractivity contribution in [1.82, 2.24) is 4.90 Å². The minimum atomic E-state index is -0.447. The van der Waals surface area contributed by atoms with Crippen molar-refractivity contribution in [2.24, 2.45) is 5.73 Å². The van der Waals surface area contributed by atoms with Gasteiger partial charge in [-0.1, -0.05) is 23.2 Å². The van der Waals surface area contributed by atoms with E-state index in [9.17, 15) is 9.59 Å². The van der Waals surface area contributed by atoms with Crippen LogP contribution in [0.4, 0.5) is 11.4 Å². The Balaban J connectivity index is 2.57. The summed E-state index contributed by atoms with van der Waals surface area (Å²) in [5.41, 5.74) is 11.4. The molecule has 2 amide bonds. The molecular formula is C12H16Cl2N4O2. The van der Waals surface area contributed by atoms with Gasteiger partial charge in [-0.15, -0.1) is 0 Å². The van der Waals surface area contributed by atoms with Crippen molar-refractivity contribution in [2.45, 2.75) is 6.42 Å². The highest BCUT2D eigenvalue weighted by Crippen LogP contribution is 2.32. The zero-order valence-corrected chi connectivity index (χ0v) is 12.5. The number of primary amides is 1. The molecule has 0 aliphatic heterocycles. The number of anilines is 2. The molecule has 6 nitrogen and oxygen atoms in total. The first-order chi connectivity index (χ1) is 9.29. The van der Waals surface area contributed by atoms with Crippen molar-refractivity contribution < 1.29 is 9.59 Å². The number of nitrogens with one attached hydrogen (secondary N) is 1. The van der Waals surface area contributed by atoms with E-state index in [1.54, 1.807) is 11.9 Å². The monoisotopic (exact) mass is 318 g/mol. The maximum Gasteiger partial charge on any atom is 0.231 e. The first kappa shape index (κ1) is 16.6. The molecule has 1 aromatic carbocycles. The molecule has 0 radical (unpaired) electrons. The average molecular weight is 319 g/mol. The van der Waals surface area contributed by atoms with Crippen molar-refractivity contribution in [3.63, 3.8) is 0 Å². The van der Waals surface area contributed by atoms with E-state index in [1.165, 1.54) is 12.1 Å². The Bertz CT molecular complexity index is 499. The average Bonchev–Trinajstić information content (AvgIpc) is 2.30. The van der Waals surface area contributed by atoms with Gasteiger partial charge in [0.1, 0.15) is 0 Å². The Morgan fingerprint density at radius 2 is 1.85 bits per heavy atom. The van der Waals surface area contributed by atoms with Crippen molar-refractivity contribution >= 4 is 46.4 Å². The zero-order chi connectivity index (χ0) is 15.3. The maximum atomic E-state index is 11.8. The molecule has 0 atom stereocenters. The molecular weight excluding hydrogens is 303 g/mol. The van der Waals surface area contributed by atoms with E-state index in [0.29, 0.717) is 17.9 Å². The number of nitrogens with two attached hydrogens (primary N) is 2. The normalized spacial score (nSPS) is 10.6. The van der Waals surface area contributed by atoms with Gasteiger partial charge in [-0.2, -0.15) is 0 Å². The number of benzene rings is 1. The van der Waals surface area contributed by atoms with Gasteiger partial charge in [0.05, 0.1) is 22.3 Å². The Hall–Kier alpha value is -1.50. The van der Waals surface area contributed by atoms with Crippen LogP contribution < -0.4 is 16.8 Å². The van der Waals surface area contributed by atoms with Crippen LogP contribution in [-0.2, 0) is 9.59 Å². The van der Waals surface area contributed by atoms with Crippen LogP contribution in [-0.4, -0.2) is 36.9 Å². The summed E-state index contributed by atoms with van der Waals surface area (Å²) in [4.78, 5) is 24.1. The van der Waals surface area contributed by atoms with Crippen LogP contribution in [0.15, 0.2) is 12.1 Å². The summed E-state index contributed by atoms with van der Waals surface area (Å²) in [6, 6.07) is 3.00. The lowest BCUT2D eigenvalue weighted by Gasteiger charge is -2.15. The second-order valence-corrected chi connectivity index (χ2v) is 5.18. The number of likely N-dealkylation sites (N-methyl/N-ethyl adjacent to an activating group) is 1. The van der Waals surface area contributed by atoms with E-state index in [-0.39, 0.29) is 28.9 Å². The molecule has 0 spiro atoms. The highest BCUT2D eigenvalue weighted by Gasteiger charge is 2.12. The van der Waals surface area contributed by atoms with Gasteiger partial charge in [-0.05, 0) is 19.2 Å². The van der Waals surface area contributed by atoms with Crippen LogP contribution in [0.3, 0.4) is 0 Å². The Morgan fingerprint density at radius 1 is 1.30 bits per heavy atom. The van der Waals surface area contributed by atoms with Crippen molar-refractivity contribution in [3.8, 4) is 0 Å². The maximum absolute atomic E-state index is 11.8. The van der Waals surface area contributed by atoms with Crippen LogP contribution in [0.2, 0.25) is 10.0 Å². The molecule has 0 heterocycles. The largest absolute Gasteiger partial charge is 0.399 e. The molecule has 0 aliphatic rings. The van der Waals surface area contributed by atoms with Crippen molar-refractivity contribution in [2.75, 3.05) is 31.2 Å². The second-order valence-electron chi connectivity index (χ2n) is 4.36. The lowest BCUT2D eigenvalue weighted by atomic mass is 10.2. The van der Waals surface area contributed by atoms with E-state index in [0.717, 1.165) is 0 Å². The quantitative estimate of drug-likeness (QED) is 0.688. The fraction of sp³-hybridized carbons (Fsp3) is 0.333. The molecule has 0 bridgehead atoms. The van der Waals surface area contributed by atoms with Gasteiger partial charge < -0.3 is 16.8 Å². The van der Waals surface area contributed by atoms with Gasteiger partial charge in [0, 0.05) is 18.7 Å². The SMILES string of the molecule is CN(CCC(=O)Nc1c(Cl)cc(N)cc1Cl)CC(N)=O. The zero-order valence-electron chi connectivity index (χ0n) is 11.0. The van der Waals surface area contributed by atoms with Crippen LogP contribution in [0.5, 0.6) is 0 Å². The number of amides is 2. The Labute approximate surface area is 127 Å². The van der Waals surface area contributed by atoms with Crippen molar-refractivity contribution in [3.05, 3.63) is 22.2 Å². The first-order valence-corrected chi connectivity index (χ1v) is 6.56. The number of carbonyl (C=O) groups excluding carboxylic acids is 2. The lowest BCUT2D eigenvalue weighted by Crippen LogP contribution is -2.32. The van der Waals surface area contributed by atoms with Gasteiger partial charge in [-0.3, -0.25) is 14.5 Å².